The second-order valence-corrected chi connectivity index (χ2v) is 8.96. The van der Waals surface area contributed by atoms with Crippen LogP contribution >= 0.6 is 11.3 Å². The topological polar surface area (TPSA) is 80.5 Å². The van der Waals surface area contributed by atoms with Crippen LogP contribution in [0.3, 0.4) is 0 Å². The van der Waals surface area contributed by atoms with E-state index >= 15 is 0 Å². The molecule has 0 unspecified atom stereocenters. The number of carbonyl (C=O) groups excluding carboxylic acids is 1. The third-order valence-electron chi connectivity index (χ3n) is 4.92. The van der Waals surface area contributed by atoms with Crippen LogP contribution in [0.15, 0.2) is 28.5 Å². The lowest BCUT2D eigenvalue weighted by molar-refractivity contribution is 0.0657. The van der Waals surface area contributed by atoms with Gasteiger partial charge in [-0.1, -0.05) is 6.92 Å². The highest BCUT2D eigenvalue weighted by molar-refractivity contribution is 7.89. The molecule has 0 saturated heterocycles. The fourth-order valence-corrected chi connectivity index (χ4v) is 5.30. The fourth-order valence-electron chi connectivity index (χ4n) is 3.49. The molecule has 1 atom stereocenters. The Morgan fingerprint density at radius 3 is 2.72 bits per heavy atom. The van der Waals surface area contributed by atoms with E-state index in [1.807, 2.05) is 4.90 Å². The molecule has 0 saturated carbocycles. The molecule has 3 rings (SSSR count). The van der Waals surface area contributed by atoms with Crippen LogP contribution in [0.5, 0.6) is 0 Å². The quantitative estimate of drug-likeness (QED) is 0.891. The van der Waals surface area contributed by atoms with Crippen molar-refractivity contribution in [3.63, 3.8) is 0 Å². The fraction of sp³-hybridized carbons (Fsp3) is 0.389. The molecule has 1 aromatic heterocycles. The predicted octanol–water partition coefficient (Wildman–Crippen LogP) is 3.16. The van der Waals surface area contributed by atoms with Gasteiger partial charge in [0.05, 0.1) is 10.9 Å². The Hall–Kier alpha value is -1.70. The van der Waals surface area contributed by atoms with Crippen molar-refractivity contribution in [2.24, 2.45) is 5.14 Å². The van der Waals surface area contributed by atoms with Gasteiger partial charge in [0.25, 0.3) is 5.91 Å². The van der Waals surface area contributed by atoms with Gasteiger partial charge in [-0.2, -0.15) is 0 Å². The molecule has 134 valence electrons. The van der Waals surface area contributed by atoms with Gasteiger partial charge in [-0.15, -0.1) is 11.3 Å². The average molecular weight is 379 g/mol. The molecular formula is C18H22N2O3S2. The van der Waals surface area contributed by atoms with E-state index in [1.165, 1.54) is 16.5 Å². The highest BCUT2D eigenvalue weighted by Gasteiger charge is 2.31. The first kappa shape index (κ1) is 18.1. The largest absolute Gasteiger partial charge is 0.331 e. The molecule has 0 bridgehead atoms. The molecule has 0 radical (unpaired) electrons. The van der Waals surface area contributed by atoms with Crippen molar-refractivity contribution in [2.45, 2.75) is 44.6 Å². The second-order valence-electron chi connectivity index (χ2n) is 6.43. The Kier molecular flexibility index (Phi) is 4.74. The van der Waals surface area contributed by atoms with Gasteiger partial charge in [-0.25, -0.2) is 13.6 Å². The van der Waals surface area contributed by atoms with E-state index in [0.717, 1.165) is 18.4 Å². The number of amides is 1. The summed E-state index contributed by atoms with van der Waals surface area (Å²) >= 11 is 1.73. The summed E-state index contributed by atoms with van der Waals surface area (Å²) in [6, 6.07) is 5.28. The van der Waals surface area contributed by atoms with E-state index in [1.54, 1.807) is 31.3 Å². The van der Waals surface area contributed by atoms with Crippen molar-refractivity contribution in [1.29, 1.82) is 0 Å². The number of aryl methyl sites for hydroxylation is 1. The summed E-state index contributed by atoms with van der Waals surface area (Å²) < 4.78 is 23.7. The van der Waals surface area contributed by atoms with Gasteiger partial charge in [-0.05, 0) is 67.0 Å². The third-order valence-corrected chi connectivity index (χ3v) is 6.95. The van der Waals surface area contributed by atoms with Gasteiger partial charge < -0.3 is 4.90 Å². The Balaban J connectivity index is 2.03. The Labute approximate surface area is 152 Å². The molecule has 7 heteroatoms. The number of thiophene rings is 1. The van der Waals surface area contributed by atoms with Gasteiger partial charge in [0, 0.05) is 17.0 Å². The molecule has 5 nitrogen and oxygen atoms in total. The number of primary sulfonamides is 1. The van der Waals surface area contributed by atoms with E-state index in [2.05, 4.69) is 18.4 Å². The predicted molar refractivity (Wildman–Crippen MR) is 99.4 cm³/mol. The zero-order valence-corrected chi connectivity index (χ0v) is 16.2. The van der Waals surface area contributed by atoms with Crippen LogP contribution < -0.4 is 5.14 Å². The van der Waals surface area contributed by atoms with E-state index in [0.29, 0.717) is 17.7 Å². The normalized spacial score (nSPS) is 17.4. The third kappa shape index (κ3) is 3.23. The molecule has 2 N–H and O–H groups in total. The Morgan fingerprint density at radius 2 is 2.08 bits per heavy atom. The number of hydrogen-bond acceptors (Lipinski definition) is 4. The molecule has 2 aromatic rings. The lowest BCUT2D eigenvalue weighted by Gasteiger charge is -2.35. The lowest BCUT2D eigenvalue weighted by atomic mass is 9.96. The number of hydrogen-bond donors (Lipinski definition) is 1. The van der Waals surface area contributed by atoms with E-state index < -0.39 is 10.0 Å². The number of nitrogens with zero attached hydrogens (tertiary/aromatic N) is 1. The zero-order valence-electron chi connectivity index (χ0n) is 14.6. The summed E-state index contributed by atoms with van der Waals surface area (Å²) in [5.74, 6) is -0.142. The van der Waals surface area contributed by atoms with Gasteiger partial charge in [0.1, 0.15) is 0 Å². The van der Waals surface area contributed by atoms with Crippen molar-refractivity contribution in [2.75, 3.05) is 6.54 Å². The SMILES string of the molecule is CC[C@@H]1c2ccsc2CCN1C(=O)c1cc(C)c(C)c(S(N)(=O)=O)c1. The van der Waals surface area contributed by atoms with Crippen molar-refractivity contribution < 1.29 is 13.2 Å². The maximum atomic E-state index is 13.1. The van der Waals surface area contributed by atoms with Crippen molar-refractivity contribution in [3.8, 4) is 0 Å². The molecule has 1 aromatic carbocycles. The van der Waals surface area contributed by atoms with Crippen LogP contribution in [-0.2, 0) is 16.4 Å². The summed E-state index contributed by atoms with van der Waals surface area (Å²) in [4.78, 5) is 16.3. The summed E-state index contributed by atoms with van der Waals surface area (Å²) in [5, 5.41) is 7.39. The minimum absolute atomic E-state index is 0.0251. The average Bonchev–Trinajstić information content (AvgIpc) is 3.03. The van der Waals surface area contributed by atoms with Crippen LogP contribution in [0, 0.1) is 13.8 Å². The highest BCUT2D eigenvalue weighted by Crippen LogP contribution is 2.36. The number of benzene rings is 1. The van der Waals surface area contributed by atoms with Crippen LogP contribution in [0.25, 0.3) is 0 Å². The number of fused-ring (bicyclic) bond motifs is 1. The number of rotatable bonds is 3. The van der Waals surface area contributed by atoms with Crippen molar-refractivity contribution >= 4 is 27.3 Å². The van der Waals surface area contributed by atoms with Crippen molar-refractivity contribution in [1.82, 2.24) is 4.90 Å². The summed E-state index contributed by atoms with van der Waals surface area (Å²) in [6.45, 7) is 6.21. The van der Waals surface area contributed by atoms with Crippen LogP contribution in [-0.4, -0.2) is 25.8 Å². The number of nitrogens with two attached hydrogens (primary N) is 1. The minimum Gasteiger partial charge on any atom is -0.331 e. The highest BCUT2D eigenvalue weighted by atomic mass is 32.2. The first-order chi connectivity index (χ1) is 11.7. The monoisotopic (exact) mass is 378 g/mol. The second kappa shape index (κ2) is 6.55. The number of sulfonamides is 1. The standard InChI is InChI=1S/C18H22N2O3S2/c1-4-15-14-6-8-24-16(14)5-7-20(15)18(21)13-9-11(2)12(3)17(10-13)25(19,22)23/h6,8-10,15H,4-5,7H2,1-3H3,(H2,19,22,23)/t15-/m1/s1. The van der Waals surface area contributed by atoms with E-state index in [-0.39, 0.29) is 16.8 Å². The maximum absolute atomic E-state index is 13.1. The summed E-state index contributed by atoms with van der Waals surface area (Å²) in [6.07, 6.45) is 1.66. The molecule has 1 aliphatic heterocycles. The molecule has 1 amide bonds. The molecule has 2 heterocycles. The smallest absolute Gasteiger partial charge is 0.254 e. The van der Waals surface area contributed by atoms with Gasteiger partial charge in [-0.3, -0.25) is 4.79 Å². The molecule has 1 aliphatic rings. The lowest BCUT2D eigenvalue weighted by Crippen LogP contribution is -2.39. The van der Waals surface area contributed by atoms with E-state index in [9.17, 15) is 13.2 Å². The molecule has 25 heavy (non-hydrogen) atoms. The molecular weight excluding hydrogens is 356 g/mol. The first-order valence-corrected chi connectivity index (χ1v) is 10.7. The number of carbonyl (C=O) groups is 1. The van der Waals surface area contributed by atoms with Crippen molar-refractivity contribution in [3.05, 3.63) is 50.7 Å². The van der Waals surface area contributed by atoms with E-state index in [4.69, 9.17) is 5.14 Å². The first-order valence-electron chi connectivity index (χ1n) is 8.25. The molecule has 0 fully saturated rings. The Bertz CT molecular complexity index is 932. The Morgan fingerprint density at radius 1 is 1.36 bits per heavy atom. The molecule has 0 spiro atoms. The molecule has 0 aliphatic carbocycles. The maximum Gasteiger partial charge on any atom is 0.254 e. The van der Waals surface area contributed by atoms with Crippen LogP contribution in [0.1, 0.15) is 51.3 Å². The van der Waals surface area contributed by atoms with Gasteiger partial charge >= 0.3 is 0 Å². The zero-order chi connectivity index (χ0) is 18.4. The van der Waals surface area contributed by atoms with Gasteiger partial charge in [0.15, 0.2) is 0 Å². The van der Waals surface area contributed by atoms with Gasteiger partial charge in [0.2, 0.25) is 10.0 Å². The van der Waals surface area contributed by atoms with Crippen LogP contribution in [0.4, 0.5) is 0 Å². The minimum atomic E-state index is -3.87. The van der Waals surface area contributed by atoms with Crippen LogP contribution in [0.2, 0.25) is 0 Å². The summed E-state index contributed by atoms with van der Waals surface area (Å²) in [5.41, 5.74) is 2.92. The summed E-state index contributed by atoms with van der Waals surface area (Å²) in [7, 11) is -3.87.